The van der Waals surface area contributed by atoms with Crippen LogP contribution >= 0.6 is 11.6 Å². The molecule has 1 aromatic rings. The summed E-state index contributed by atoms with van der Waals surface area (Å²) < 4.78 is 5.57. The van der Waals surface area contributed by atoms with Crippen LogP contribution in [0.3, 0.4) is 0 Å². The van der Waals surface area contributed by atoms with Gasteiger partial charge in [0.15, 0.2) is 6.61 Å². The summed E-state index contributed by atoms with van der Waals surface area (Å²) in [4.78, 5) is 11.6. The zero-order valence-electron chi connectivity index (χ0n) is 12.2. The van der Waals surface area contributed by atoms with E-state index in [9.17, 15) is 4.79 Å². The molecule has 0 saturated carbocycles. The number of aryl methyl sites for hydroxylation is 1. The second-order valence-corrected chi connectivity index (χ2v) is 5.71. The third-order valence-corrected chi connectivity index (χ3v) is 3.05. The summed E-state index contributed by atoms with van der Waals surface area (Å²) >= 11 is 6.19. The Kier molecular flexibility index (Phi) is 5.67. The van der Waals surface area contributed by atoms with Gasteiger partial charge in [-0.05, 0) is 49.9 Å². The minimum atomic E-state index is -0.115. The van der Waals surface area contributed by atoms with E-state index in [1.165, 1.54) is 0 Å². The highest BCUT2D eigenvalue weighted by Crippen LogP contribution is 2.31. The van der Waals surface area contributed by atoms with Crippen LogP contribution in [0.15, 0.2) is 12.1 Å². The van der Waals surface area contributed by atoms with Crippen molar-refractivity contribution in [1.82, 2.24) is 5.32 Å². The van der Waals surface area contributed by atoms with Gasteiger partial charge < -0.3 is 10.1 Å². The number of nitrogens with one attached hydrogen (secondary N) is 1. The molecule has 1 aromatic carbocycles. The number of hydrogen-bond donors (Lipinski definition) is 1. The first-order valence-corrected chi connectivity index (χ1v) is 6.91. The Bertz CT molecular complexity index is 456. The fourth-order valence-corrected chi connectivity index (χ4v) is 2.21. The van der Waals surface area contributed by atoms with E-state index in [0.717, 1.165) is 16.1 Å². The van der Waals surface area contributed by atoms with Crippen molar-refractivity contribution in [2.24, 2.45) is 0 Å². The lowest BCUT2D eigenvalue weighted by Crippen LogP contribution is -2.34. The van der Waals surface area contributed by atoms with Crippen LogP contribution < -0.4 is 10.1 Å². The molecule has 1 N–H and O–H groups in total. The molecule has 4 heteroatoms. The van der Waals surface area contributed by atoms with Crippen molar-refractivity contribution in [3.05, 3.63) is 28.3 Å². The maximum atomic E-state index is 11.6. The van der Waals surface area contributed by atoms with Crippen LogP contribution in [-0.2, 0) is 4.79 Å². The molecular weight excluding hydrogens is 262 g/mol. The maximum absolute atomic E-state index is 11.6. The van der Waals surface area contributed by atoms with E-state index in [-0.39, 0.29) is 18.6 Å². The predicted octanol–water partition coefficient (Wildman–Crippen LogP) is 3.68. The number of hydrogen-bond acceptors (Lipinski definition) is 2. The summed E-state index contributed by atoms with van der Waals surface area (Å²) in [6.07, 6.45) is 0. The van der Waals surface area contributed by atoms with E-state index < -0.39 is 0 Å². The number of halogens is 1. The Morgan fingerprint density at radius 1 is 1.32 bits per heavy atom. The lowest BCUT2D eigenvalue weighted by molar-refractivity contribution is -0.123. The molecule has 0 aliphatic heterocycles. The quantitative estimate of drug-likeness (QED) is 0.895. The Hall–Kier alpha value is -1.22. The monoisotopic (exact) mass is 283 g/mol. The van der Waals surface area contributed by atoms with E-state index in [2.05, 4.69) is 19.2 Å². The highest BCUT2D eigenvalue weighted by atomic mass is 35.5. The average molecular weight is 284 g/mol. The van der Waals surface area contributed by atoms with Crippen molar-refractivity contribution in [2.75, 3.05) is 6.61 Å². The van der Waals surface area contributed by atoms with Gasteiger partial charge in [0.2, 0.25) is 0 Å². The summed E-state index contributed by atoms with van der Waals surface area (Å²) in [6.45, 7) is 9.94. The Morgan fingerprint density at radius 3 is 2.47 bits per heavy atom. The largest absolute Gasteiger partial charge is 0.483 e. The van der Waals surface area contributed by atoms with E-state index >= 15 is 0 Å². The van der Waals surface area contributed by atoms with Gasteiger partial charge in [0.05, 0.1) is 0 Å². The van der Waals surface area contributed by atoms with Gasteiger partial charge in [-0.1, -0.05) is 25.4 Å². The van der Waals surface area contributed by atoms with Gasteiger partial charge in [-0.25, -0.2) is 0 Å². The number of ether oxygens (including phenoxy) is 1. The highest BCUT2D eigenvalue weighted by molar-refractivity contribution is 6.31. The fourth-order valence-electron chi connectivity index (χ4n) is 1.77. The molecule has 0 aliphatic rings. The molecule has 19 heavy (non-hydrogen) atoms. The molecule has 0 heterocycles. The molecule has 0 bridgehead atoms. The van der Waals surface area contributed by atoms with E-state index in [4.69, 9.17) is 16.3 Å². The molecule has 0 radical (unpaired) electrons. The van der Waals surface area contributed by atoms with Crippen LogP contribution in [0.1, 0.15) is 44.7 Å². The Morgan fingerprint density at radius 2 is 1.95 bits per heavy atom. The molecule has 0 aliphatic carbocycles. The zero-order valence-corrected chi connectivity index (χ0v) is 13.0. The smallest absolute Gasteiger partial charge is 0.258 e. The lowest BCUT2D eigenvalue weighted by atomic mass is 10.0. The third-order valence-electron chi connectivity index (χ3n) is 2.72. The zero-order chi connectivity index (χ0) is 14.6. The van der Waals surface area contributed by atoms with Gasteiger partial charge in [-0.2, -0.15) is 0 Å². The molecule has 0 atom stereocenters. The van der Waals surface area contributed by atoms with E-state index in [0.29, 0.717) is 11.7 Å². The van der Waals surface area contributed by atoms with Gasteiger partial charge in [-0.3, -0.25) is 4.79 Å². The summed E-state index contributed by atoms with van der Waals surface area (Å²) in [5.41, 5.74) is 1.97. The summed E-state index contributed by atoms with van der Waals surface area (Å²) in [6, 6.07) is 3.92. The molecule has 1 amide bonds. The number of benzene rings is 1. The first kappa shape index (κ1) is 15.8. The van der Waals surface area contributed by atoms with Crippen molar-refractivity contribution in [3.63, 3.8) is 0 Å². The van der Waals surface area contributed by atoms with Gasteiger partial charge in [0.25, 0.3) is 5.91 Å². The Labute approximate surface area is 120 Å². The molecule has 3 nitrogen and oxygen atoms in total. The number of carbonyl (C=O) groups excluding carboxylic acids is 1. The summed E-state index contributed by atoms with van der Waals surface area (Å²) in [5, 5.41) is 3.53. The second kappa shape index (κ2) is 6.80. The summed E-state index contributed by atoms with van der Waals surface area (Å²) in [5.74, 6) is 0.919. The van der Waals surface area contributed by atoms with Gasteiger partial charge in [-0.15, -0.1) is 0 Å². The molecule has 0 fully saturated rings. The second-order valence-electron chi connectivity index (χ2n) is 5.30. The average Bonchev–Trinajstić information content (AvgIpc) is 2.26. The highest BCUT2D eigenvalue weighted by Gasteiger charge is 2.11. The predicted molar refractivity (Wildman–Crippen MR) is 79.1 cm³/mol. The summed E-state index contributed by atoms with van der Waals surface area (Å²) in [7, 11) is 0. The van der Waals surface area contributed by atoms with Crippen molar-refractivity contribution in [1.29, 1.82) is 0 Å². The van der Waals surface area contributed by atoms with Crippen LogP contribution in [0.25, 0.3) is 0 Å². The number of amides is 1. The normalized spacial score (nSPS) is 10.9. The van der Waals surface area contributed by atoms with Gasteiger partial charge >= 0.3 is 0 Å². The van der Waals surface area contributed by atoms with Crippen molar-refractivity contribution >= 4 is 17.5 Å². The minimum Gasteiger partial charge on any atom is -0.483 e. The Balaban J connectivity index is 2.78. The van der Waals surface area contributed by atoms with Crippen LogP contribution in [0, 0.1) is 6.92 Å². The van der Waals surface area contributed by atoms with Crippen LogP contribution in [-0.4, -0.2) is 18.6 Å². The van der Waals surface area contributed by atoms with Crippen LogP contribution in [0.2, 0.25) is 5.02 Å². The molecular formula is C15H22ClNO2. The standard InChI is InChI=1S/C15H22ClNO2/c1-9(2)12-7-14(11(5)6-13(12)16)19-8-15(18)17-10(3)4/h6-7,9-10H,8H2,1-5H3,(H,17,18). The molecule has 0 spiro atoms. The number of carbonyl (C=O) groups is 1. The maximum Gasteiger partial charge on any atom is 0.258 e. The molecule has 0 unspecified atom stereocenters. The first-order chi connectivity index (χ1) is 8.81. The topological polar surface area (TPSA) is 38.3 Å². The van der Waals surface area contributed by atoms with Crippen LogP contribution in [0.4, 0.5) is 0 Å². The van der Waals surface area contributed by atoms with E-state index in [1.807, 2.05) is 32.9 Å². The SMILES string of the molecule is Cc1cc(Cl)c(C(C)C)cc1OCC(=O)NC(C)C. The molecule has 0 saturated heterocycles. The third kappa shape index (κ3) is 4.75. The lowest BCUT2D eigenvalue weighted by Gasteiger charge is -2.15. The molecule has 1 rings (SSSR count). The number of rotatable bonds is 5. The van der Waals surface area contributed by atoms with Crippen molar-refractivity contribution in [3.8, 4) is 5.75 Å². The van der Waals surface area contributed by atoms with Crippen molar-refractivity contribution in [2.45, 2.75) is 46.6 Å². The minimum absolute atomic E-state index is 0.0260. The first-order valence-electron chi connectivity index (χ1n) is 6.53. The van der Waals surface area contributed by atoms with Crippen molar-refractivity contribution < 1.29 is 9.53 Å². The van der Waals surface area contributed by atoms with Gasteiger partial charge in [0, 0.05) is 11.1 Å². The van der Waals surface area contributed by atoms with Gasteiger partial charge in [0.1, 0.15) is 5.75 Å². The molecule has 0 aromatic heterocycles. The van der Waals surface area contributed by atoms with Crippen LogP contribution in [0.5, 0.6) is 5.75 Å². The van der Waals surface area contributed by atoms with E-state index in [1.54, 1.807) is 0 Å². The fraction of sp³-hybridized carbons (Fsp3) is 0.533. The molecule has 106 valence electrons.